The second-order valence-corrected chi connectivity index (χ2v) is 5.29. The van der Waals surface area contributed by atoms with Gasteiger partial charge in [0, 0.05) is 19.5 Å². The standard InChI is InChI=1S/C14H15N5O2S/c1-21-8-7-18-13(20)10-9-16-14(22-2)17-12(10)19(18)11-5-3-4-6-15-11/h3-6,9H,7-8H2,1-2H3. The van der Waals surface area contributed by atoms with E-state index in [-0.39, 0.29) is 5.56 Å². The molecule has 3 aromatic rings. The Balaban J connectivity index is 2.31. The summed E-state index contributed by atoms with van der Waals surface area (Å²) in [5.41, 5.74) is 0.407. The molecule has 0 N–H and O–H groups in total. The van der Waals surface area contributed by atoms with E-state index in [0.717, 1.165) is 0 Å². The molecule has 3 aromatic heterocycles. The summed E-state index contributed by atoms with van der Waals surface area (Å²) in [6.45, 7) is 0.836. The fraction of sp³-hybridized carbons (Fsp3) is 0.286. The van der Waals surface area contributed by atoms with Crippen molar-refractivity contribution in [1.82, 2.24) is 24.3 Å². The largest absolute Gasteiger partial charge is 0.383 e. The van der Waals surface area contributed by atoms with E-state index in [4.69, 9.17) is 4.74 Å². The minimum Gasteiger partial charge on any atom is -0.383 e. The normalized spacial score (nSPS) is 11.2. The van der Waals surface area contributed by atoms with Gasteiger partial charge in [0.1, 0.15) is 5.39 Å². The third-order valence-electron chi connectivity index (χ3n) is 3.21. The maximum absolute atomic E-state index is 12.6. The molecular weight excluding hydrogens is 302 g/mol. The monoisotopic (exact) mass is 317 g/mol. The summed E-state index contributed by atoms with van der Waals surface area (Å²) >= 11 is 1.43. The first-order valence-corrected chi connectivity index (χ1v) is 7.91. The van der Waals surface area contributed by atoms with Gasteiger partial charge in [-0.3, -0.25) is 4.79 Å². The summed E-state index contributed by atoms with van der Waals surface area (Å²) in [6.07, 6.45) is 5.15. The van der Waals surface area contributed by atoms with E-state index in [9.17, 15) is 4.79 Å². The third kappa shape index (κ3) is 2.51. The maximum Gasteiger partial charge on any atom is 0.278 e. The molecule has 8 heteroatoms. The van der Waals surface area contributed by atoms with Crippen molar-refractivity contribution in [2.24, 2.45) is 0 Å². The molecule has 0 aliphatic rings. The van der Waals surface area contributed by atoms with Gasteiger partial charge in [-0.15, -0.1) is 0 Å². The predicted molar refractivity (Wildman–Crippen MR) is 84.6 cm³/mol. The highest BCUT2D eigenvalue weighted by Gasteiger charge is 2.17. The van der Waals surface area contributed by atoms with Crippen LogP contribution in [0.1, 0.15) is 0 Å². The number of rotatable bonds is 5. The highest BCUT2D eigenvalue weighted by molar-refractivity contribution is 7.98. The first-order valence-electron chi connectivity index (χ1n) is 6.69. The molecule has 0 radical (unpaired) electrons. The molecule has 0 aliphatic heterocycles. The Morgan fingerprint density at radius 3 is 2.86 bits per heavy atom. The summed E-state index contributed by atoms with van der Waals surface area (Å²) in [4.78, 5) is 25.6. The van der Waals surface area contributed by atoms with Crippen molar-refractivity contribution in [3.05, 3.63) is 40.9 Å². The lowest BCUT2D eigenvalue weighted by molar-refractivity contribution is 0.180. The van der Waals surface area contributed by atoms with E-state index in [1.54, 1.807) is 28.9 Å². The zero-order chi connectivity index (χ0) is 15.5. The highest BCUT2D eigenvalue weighted by Crippen LogP contribution is 2.16. The number of methoxy groups -OCH3 is 1. The molecule has 0 saturated carbocycles. The van der Waals surface area contributed by atoms with Crippen molar-refractivity contribution >= 4 is 22.8 Å². The van der Waals surface area contributed by atoms with Crippen molar-refractivity contribution < 1.29 is 4.74 Å². The van der Waals surface area contributed by atoms with Crippen LogP contribution in [0, 0.1) is 0 Å². The average Bonchev–Trinajstić information content (AvgIpc) is 2.85. The molecule has 0 aliphatic carbocycles. The SMILES string of the molecule is COCCn1c(=O)c2cnc(SC)nc2n1-c1ccccn1. The van der Waals surface area contributed by atoms with E-state index in [2.05, 4.69) is 15.0 Å². The molecule has 3 rings (SSSR count). The lowest BCUT2D eigenvalue weighted by Crippen LogP contribution is -2.24. The molecule has 0 bridgehead atoms. The third-order valence-corrected chi connectivity index (χ3v) is 3.77. The van der Waals surface area contributed by atoms with Crippen LogP contribution in [0.4, 0.5) is 0 Å². The molecular formula is C14H15N5O2S. The van der Waals surface area contributed by atoms with Crippen molar-refractivity contribution in [3.63, 3.8) is 0 Å². The van der Waals surface area contributed by atoms with Gasteiger partial charge in [-0.25, -0.2) is 24.3 Å². The van der Waals surface area contributed by atoms with Crippen molar-refractivity contribution in [1.29, 1.82) is 0 Å². The Kier molecular flexibility index (Phi) is 4.21. The molecule has 0 aromatic carbocycles. The van der Waals surface area contributed by atoms with Gasteiger partial charge in [0.25, 0.3) is 5.56 Å². The molecule has 22 heavy (non-hydrogen) atoms. The predicted octanol–water partition coefficient (Wildman–Crippen LogP) is 1.35. The minimum atomic E-state index is -0.148. The Bertz CT molecular complexity index is 844. The smallest absolute Gasteiger partial charge is 0.278 e. The Hall–Kier alpha value is -2.19. The lowest BCUT2D eigenvalue weighted by Gasteiger charge is -2.10. The summed E-state index contributed by atoms with van der Waals surface area (Å²) < 4.78 is 8.40. The maximum atomic E-state index is 12.6. The van der Waals surface area contributed by atoms with E-state index < -0.39 is 0 Å². The molecule has 0 fully saturated rings. The number of hydrogen-bond donors (Lipinski definition) is 0. The van der Waals surface area contributed by atoms with Crippen LogP contribution in [0.3, 0.4) is 0 Å². The first-order chi connectivity index (χ1) is 10.8. The number of ether oxygens (including phenoxy) is 1. The summed E-state index contributed by atoms with van der Waals surface area (Å²) in [5.74, 6) is 0.636. The number of aromatic nitrogens is 5. The van der Waals surface area contributed by atoms with Gasteiger partial charge in [-0.05, 0) is 18.4 Å². The van der Waals surface area contributed by atoms with Crippen molar-refractivity contribution in [2.45, 2.75) is 11.7 Å². The van der Waals surface area contributed by atoms with Gasteiger partial charge in [-0.2, -0.15) is 0 Å². The molecule has 114 valence electrons. The van der Waals surface area contributed by atoms with E-state index in [1.165, 1.54) is 11.8 Å². The second kappa shape index (κ2) is 6.29. The molecule has 7 nitrogen and oxygen atoms in total. The number of nitrogens with zero attached hydrogens (tertiary/aromatic N) is 5. The van der Waals surface area contributed by atoms with E-state index in [1.807, 2.05) is 24.5 Å². The van der Waals surface area contributed by atoms with Crippen LogP contribution in [-0.2, 0) is 11.3 Å². The van der Waals surface area contributed by atoms with Gasteiger partial charge in [0.05, 0.1) is 13.2 Å². The Morgan fingerprint density at radius 1 is 1.32 bits per heavy atom. The second-order valence-electron chi connectivity index (χ2n) is 4.51. The average molecular weight is 317 g/mol. The number of thioether (sulfide) groups is 1. The topological polar surface area (TPSA) is 74.8 Å². The number of hydrogen-bond acceptors (Lipinski definition) is 6. The van der Waals surface area contributed by atoms with Gasteiger partial charge < -0.3 is 4.74 Å². The van der Waals surface area contributed by atoms with E-state index in [0.29, 0.717) is 35.2 Å². The fourth-order valence-corrected chi connectivity index (χ4v) is 2.54. The van der Waals surface area contributed by atoms with Crippen LogP contribution in [0.25, 0.3) is 16.9 Å². The molecule has 0 spiro atoms. The van der Waals surface area contributed by atoms with Crippen molar-refractivity contribution in [3.8, 4) is 5.82 Å². The molecule has 0 unspecified atom stereocenters. The van der Waals surface area contributed by atoms with E-state index >= 15 is 0 Å². The first kappa shape index (κ1) is 14.7. The van der Waals surface area contributed by atoms with Crippen LogP contribution in [0.2, 0.25) is 0 Å². The molecule has 0 saturated heterocycles. The Morgan fingerprint density at radius 2 is 2.18 bits per heavy atom. The number of fused-ring (bicyclic) bond motifs is 1. The molecule has 0 amide bonds. The summed E-state index contributed by atoms with van der Waals surface area (Å²) in [6, 6.07) is 5.54. The van der Waals surface area contributed by atoms with Crippen LogP contribution in [0.5, 0.6) is 0 Å². The summed E-state index contributed by atoms with van der Waals surface area (Å²) in [7, 11) is 1.60. The zero-order valence-corrected chi connectivity index (χ0v) is 13.1. The van der Waals surface area contributed by atoms with Crippen LogP contribution in [-0.4, -0.2) is 44.3 Å². The van der Waals surface area contributed by atoms with Crippen molar-refractivity contribution in [2.75, 3.05) is 20.0 Å². The minimum absolute atomic E-state index is 0.148. The van der Waals surface area contributed by atoms with Gasteiger partial charge in [-0.1, -0.05) is 17.8 Å². The van der Waals surface area contributed by atoms with Crippen LogP contribution in [0.15, 0.2) is 40.5 Å². The lowest BCUT2D eigenvalue weighted by atomic mass is 10.4. The highest BCUT2D eigenvalue weighted by atomic mass is 32.2. The van der Waals surface area contributed by atoms with Crippen LogP contribution < -0.4 is 5.56 Å². The Labute approximate surface area is 131 Å². The van der Waals surface area contributed by atoms with Gasteiger partial charge >= 0.3 is 0 Å². The number of pyridine rings is 1. The quantitative estimate of drug-likeness (QED) is 0.522. The molecule has 3 heterocycles. The molecule has 0 atom stereocenters. The zero-order valence-electron chi connectivity index (χ0n) is 12.3. The van der Waals surface area contributed by atoms with Gasteiger partial charge in [0.15, 0.2) is 16.6 Å². The van der Waals surface area contributed by atoms with Crippen LogP contribution >= 0.6 is 11.8 Å². The fourth-order valence-electron chi connectivity index (χ4n) is 2.20. The van der Waals surface area contributed by atoms with Gasteiger partial charge in [0.2, 0.25) is 0 Å². The summed E-state index contributed by atoms with van der Waals surface area (Å²) in [5, 5.41) is 1.08.